The highest BCUT2D eigenvalue weighted by Gasteiger charge is 2.18. The third kappa shape index (κ3) is 4.04. The second kappa shape index (κ2) is 5.85. The van der Waals surface area contributed by atoms with Crippen molar-refractivity contribution < 1.29 is 4.79 Å². The van der Waals surface area contributed by atoms with Crippen molar-refractivity contribution in [3.8, 4) is 0 Å². The number of urea groups is 1. The predicted octanol–water partition coefficient (Wildman–Crippen LogP) is 3.06. The second-order valence-corrected chi connectivity index (χ2v) is 7.08. The van der Waals surface area contributed by atoms with Crippen LogP contribution in [-0.4, -0.2) is 20.8 Å². The molecule has 0 fully saturated rings. The fraction of sp³-hybridized carbons (Fsp3) is 0.500. The van der Waals surface area contributed by atoms with E-state index in [1.807, 2.05) is 26.4 Å². The molecule has 1 unspecified atom stereocenters. The summed E-state index contributed by atoms with van der Waals surface area (Å²) in [5.41, 5.74) is 0.999. The molecule has 2 heterocycles. The van der Waals surface area contributed by atoms with Crippen LogP contribution in [0.15, 0.2) is 18.6 Å². The third-order valence-corrected chi connectivity index (χ3v) is 4.38. The van der Waals surface area contributed by atoms with Gasteiger partial charge in [-0.15, -0.1) is 11.3 Å². The van der Waals surface area contributed by atoms with Crippen molar-refractivity contribution in [1.82, 2.24) is 20.1 Å². The normalized spacial score (nSPS) is 13.0. The fourth-order valence-electron chi connectivity index (χ4n) is 1.76. The maximum Gasteiger partial charge on any atom is 0.321 e. The number of carbonyl (C=O) groups excluding carboxylic acids is 1. The minimum Gasteiger partial charge on any atom is -0.331 e. The van der Waals surface area contributed by atoms with Gasteiger partial charge in [0.2, 0.25) is 0 Å². The maximum absolute atomic E-state index is 12.0. The van der Waals surface area contributed by atoms with Crippen LogP contribution in [0.1, 0.15) is 44.2 Å². The van der Waals surface area contributed by atoms with E-state index < -0.39 is 0 Å². The van der Waals surface area contributed by atoms with Crippen LogP contribution in [0.25, 0.3) is 0 Å². The number of hydrogen-bond donors (Lipinski definition) is 2. The number of hydrogen-bond acceptors (Lipinski definition) is 4. The molecule has 21 heavy (non-hydrogen) atoms. The van der Waals surface area contributed by atoms with E-state index in [-0.39, 0.29) is 17.5 Å². The fourth-order valence-corrected chi connectivity index (χ4v) is 2.62. The minimum atomic E-state index is -0.263. The van der Waals surface area contributed by atoms with Gasteiger partial charge in [0.25, 0.3) is 0 Å². The number of nitrogens with one attached hydrogen (secondary N) is 2. The van der Waals surface area contributed by atoms with Gasteiger partial charge in [0, 0.05) is 29.9 Å². The van der Waals surface area contributed by atoms with E-state index in [0.29, 0.717) is 5.13 Å². The van der Waals surface area contributed by atoms with Crippen LogP contribution in [0.3, 0.4) is 0 Å². The SMILES string of the molecule is CC(NC(=O)Nc1ncc(C(C)(C)C)s1)c1cnn(C)c1. The molecule has 2 aromatic rings. The topological polar surface area (TPSA) is 71.8 Å². The summed E-state index contributed by atoms with van der Waals surface area (Å²) in [4.78, 5) is 17.4. The summed E-state index contributed by atoms with van der Waals surface area (Å²) in [7, 11) is 1.85. The lowest BCUT2D eigenvalue weighted by atomic mass is 9.96. The highest BCUT2D eigenvalue weighted by atomic mass is 32.1. The quantitative estimate of drug-likeness (QED) is 0.915. The summed E-state index contributed by atoms with van der Waals surface area (Å²) in [6.45, 7) is 8.28. The van der Waals surface area contributed by atoms with Gasteiger partial charge in [-0.2, -0.15) is 5.10 Å². The van der Waals surface area contributed by atoms with E-state index in [1.54, 1.807) is 10.9 Å². The molecule has 114 valence electrons. The number of amides is 2. The van der Waals surface area contributed by atoms with E-state index in [9.17, 15) is 4.79 Å². The van der Waals surface area contributed by atoms with Crippen LogP contribution in [-0.2, 0) is 12.5 Å². The number of nitrogens with zero attached hydrogens (tertiary/aromatic N) is 3. The number of aryl methyl sites for hydroxylation is 1. The second-order valence-electron chi connectivity index (χ2n) is 6.05. The van der Waals surface area contributed by atoms with Crippen LogP contribution in [0.4, 0.5) is 9.93 Å². The van der Waals surface area contributed by atoms with Crippen molar-refractivity contribution in [2.75, 3.05) is 5.32 Å². The van der Waals surface area contributed by atoms with Crippen molar-refractivity contribution in [2.45, 2.75) is 39.2 Å². The standard InChI is InChI=1S/C14H21N5OS/c1-9(10-6-16-19(5)8-10)17-12(20)18-13-15-7-11(21-13)14(2,3)4/h6-9H,1-5H3,(H2,15,17,18,20). The summed E-state index contributed by atoms with van der Waals surface area (Å²) < 4.78 is 1.71. The van der Waals surface area contributed by atoms with E-state index in [4.69, 9.17) is 0 Å². The molecule has 6 nitrogen and oxygen atoms in total. The van der Waals surface area contributed by atoms with Gasteiger partial charge in [0.1, 0.15) is 0 Å². The molecule has 7 heteroatoms. The number of aromatic nitrogens is 3. The average Bonchev–Trinajstić information content (AvgIpc) is 2.97. The first-order valence-corrected chi connectivity index (χ1v) is 7.60. The van der Waals surface area contributed by atoms with Crippen molar-refractivity contribution in [3.63, 3.8) is 0 Å². The maximum atomic E-state index is 12.0. The zero-order valence-corrected chi connectivity index (χ0v) is 13.8. The zero-order chi connectivity index (χ0) is 15.6. The molecule has 0 bridgehead atoms. The van der Waals surface area contributed by atoms with Crippen molar-refractivity contribution in [1.29, 1.82) is 0 Å². The summed E-state index contributed by atoms with van der Waals surface area (Å²) in [6, 6.07) is -0.373. The molecule has 2 amide bonds. The Morgan fingerprint density at radius 3 is 2.62 bits per heavy atom. The first-order valence-electron chi connectivity index (χ1n) is 6.78. The molecular weight excluding hydrogens is 286 g/mol. The molecule has 0 spiro atoms. The van der Waals surface area contributed by atoms with Gasteiger partial charge in [0.15, 0.2) is 5.13 Å². The molecule has 1 atom stereocenters. The van der Waals surface area contributed by atoms with Crippen molar-refractivity contribution >= 4 is 22.5 Å². The summed E-state index contributed by atoms with van der Waals surface area (Å²) in [6.07, 6.45) is 5.43. The molecule has 0 aliphatic heterocycles. The third-order valence-electron chi connectivity index (χ3n) is 3.04. The monoisotopic (exact) mass is 307 g/mol. The molecule has 0 radical (unpaired) electrons. The number of rotatable bonds is 3. The molecule has 2 N–H and O–H groups in total. The Bertz CT molecular complexity index is 625. The van der Waals surface area contributed by atoms with Crippen LogP contribution >= 0.6 is 11.3 Å². The van der Waals surface area contributed by atoms with Gasteiger partial charge in [-0.1, -0.05) is 20.8 Å². The largest absolute Gasteiger partial charge is 0.331 e. The molecule has 0 saturated carbocycles. The first kappa shape index (κ1) is 15.5. The molecule has 2 rings (SSSR count). The van der Waals surface area contributed by atoms with Gasteiger partial charge < -0.3 is 5.32 Å². The Morgan fingerprint density at radius 2 is 2.10 bits per heavy atom. The van der Waals surface area contributed by atoms with E-state index >= 15 is 0 Å². The molecule has 2 aromatic heterocycles. The van der Waals surface area contributed by atoms with E-state index in [1.165, 1.54) is 11.3 Å². The highest BCUT2D eigenvalue weighted by Crippen LogP contribution is 2.30. The molecular formula is C14H21N5OS. The van der Waals surface area contributed by atoms with Gasteiger partial charge in [-0.05, 0) is 12.3 Å². The Hall–Kier alpha value is -1.89. The minimum absolute atomic E-state index is 0.0388. The number of anilines is 1. The number of thiazole rings is 1. The lowest BCUT2D eigenvalue weighted by molar-refractivity contribution is 0.249. The molecule has 0 aliphatic rings. The Morgan fingerprint density at radius 1 is 1.38 bits per heavy atom. The smallest absolute Gasteiger partial charge is 0.321 e. The summed E-state index contributed by atoms with van der Waals surface area (Å²) in [5, 5.41) is 10.3. The Balaban J connectivity index is 1.94. The average molecular weight is 307 g/mol. The van der Waals surface area contributed by atoms with Crippen molar-refractivity contribution in [2.24, 2.45) is 7.05 Å². The molecule has 0 aliphatic carbocycles. The lowest BCUT2D eigenvalue weighted by Gasteiger charge is -2.14. The first-order chi connectivity index (χ1) is 9.75. The van der Waals surface area contributed by atoms with E-state index in [2.05, 4.69) is 41.5 Å². The van der Waals surface area contributed by atoms with Gasteiger partial charge in [0.05, 0.1) is 12.2 Å². The van der Waals surface area contributed by atoms with Gasteiger partial charge >= 0.3 is 6.03 Å². The van der Waals surface area contributed by atoms with Crippen LogP contribution < -0.4 is 10.6 Å². The van der Waals surface area contributed by atoms with Gasteiger partial charge in [-0.25, -0.2) is 9.78 Å². The molecule has 0 aromatic carbocycles. The predicted molar refractivity (Wildman–Crippen MR) is 84.6 cm³/mol. The van der Waals surface area contributed by atoms with Crippen LogP contribution in [0.5, 0.6) is 0 Å². The highest BCUT2D eigenvalue weighted by molar-refractivity contribution is 7.15. The Labute approximate surface area is 128 Å². The van der Waals surface area contributed by atoms with Crippen LogP contribution in [0, 0.1) is 0 Å². The zero-order valence-electron chi connectivity index (χ0n) is 13.0. The van der Waals surface area contributed by atoms with Gasteiger partial charge in [-0.3, -0.25) is 10.00 Å². The molecule has 0 saturated heterocycles. The van der Waals surface area contributed by atoms with E-state index in [0.717, 1.165) is 10.4 Å². The summed E-state index contributed by atoms with van der Waals surface area (Å²) in [5.74, 6) is 0. The Kier molecular flexibility index (Phi) is 4.32. The number of carbonyl (C=O) groups is 1. The lowest BCUT2D eigenvalue weighted by Crippen LogP contribution is -2.30. The summed E-state index contributed by atoms with van der Waals surface area (Å²) >= 11 is 1.50. The van der Waals surface area contributed by atoms with Crippen LogP contribution in [0.2, 0.25) is 0 Å². The van der Waals surface area contributed by atoms with Crippen molar-refractivity contribution in [3.05, 3.63) is 29.0 Å².